The number of amides is 1. The largest absolute Gasteiger partial charge is 0.320 e. The molecule has 0 unspecified atom stereocenters. The maximum atomic E-state index is 13.0. The predicted octanol–water partition coefficient (Wildman–Crippen LogP) is 3.08. The van der Waals surface area contributed by atoms with Crippen molar-refractivity contribution in [1.29, 1.82) is 0 Å². The summed E-state index contributed by atoms with van der Waals surface area (Å²) in [6, 6.07) is 10.5. The van der Waals surface area contributed by atoms with E-state index in [4.69, 9.17) is 0 Å². The lowest BCUT2D eigenvalue weighted by Crippen LogP contribution is -2.31. The van der Waals surface area contributed by atoms with Crippen molar-refractivity contribution >= 4 is 27.3 Å². The van der Waals surface area contributed by atoms with Crippen LogP contribution in [0.5, 0.6) is 0 Å². The summed E-state index contributed by atoms with van der Waals surface area (Å²) in [7, 11) is -3.71. The Hall–Kier alpha value is -3.64. The molecule has 11 nitrogen and oxygen atoms in total. The maximum absolute atomic E-state index is 13.0. The summed E-state index contributed by atoms with van der Waals surface area (Å²) in [6.45, 7) is 7.48. The first-order chi connectivity index (χ1) is 15.6. The molecule has 0 bridgehead atoms. The van der Waals surface area contributed by atoms with Crippen LogP contribution in [0.3, 0.4) is 0 Å². The number of nitrogens with zero attached hydrogens (tertiary/aromatic N) is 5. The van der Waals surface area contributed by atoms with Gasteiger partial charge in [-0.3, -0.25) is 14.9 Å². The molecule has 1 N–H and O–H groups in total. The van der Waals surface area contributed by atoms with Gasteiger partial charge in [0.25, 0.3) is 11.6 Å². The molecule has 0 aliphatic carbocycles. The summed E-state index contributed by atoms with van der Waals surface area (Å²) in [5.74, 6) is -0.584. The molecule has 0 aliphatic rings. The fourth-order valence-electron chi connectivity index (χ4n) is 3.37. The Morgan fingerprint density at radius 2 is 1.85 bits per heavy atom. The summed E-state index contributed by atoms with van der Waals surface area (Å²) in [6.07, 6.45) is 0. The monoisotopic (exact) mass is 472 g/mol. The van der Waals surface area contributed by atoms with Gasteiger partial charge in [0.05, 0.1) is 21.2 Å². The van der Waals surface area contributed by atoms with Gasteiger partial charge in [-0.25, -0.2) is 13.1 Å². The third kappa shape index (κ3) is 4.76. The minimum absolute atomic E-state index is 0.00947. The van der Waals surface area contributed by atoms with Gasteiger partial charge >= 0.3 is 0 Å². The highest BCUT2D eigenvalue weighted by molar-refractivity contribution is 7.89. The minimum atomic E-state index is -3.71. The Kier molecular flexibility index (Phi) is 6.89. The first-order valence-corrected chi connectivity index (χ1v) is 11.6. The van der Waals surface area contributed by atoms with Crippen molar-refractivity contribution in [3.05, 3.63) is 69.5 Å². The Labute approximate surface area is 191 Å². The van der Waals surface area contributed by atoms with Gasteiger partial charge < -0.3 is 5.32 Å². The van der Waals surface area contributed by atoms with Crippen molar-refractivity contribution in [3.8, 4) is 5.69 Å². The highest BCUT2D eigenvalue weighted by Crippen LogP contribution is 2.24. The number of carbonyl (C=O) groups excluding carboxylic acids is 1. The molecule has 0 atom stereocenters. The summed E-state index contributed by atoms with van der Waals surface area (Å²) < 4.78 is 28.6. The third-order valence-corrected chi connectivity index (χ3v) is 7.36. The van der Waals surface area contributed by atoms with Crippen LogP contribution in [0.2, 0.25) is 0 Å². The van der Waals surface area contributed by atoms with Gasteiger partial charge in [-0.05, 0) is 37.6 Å². The van der Waals surface area contributed by atoms with Crippen LogP contribution in [0.4, 0.5) is 11.4 Å². The summed E-state index contributed by atoms with van der Waals surface area (Å²) in [4.78, 5) is 23.5. The minimum Gasteiger partial charge on any atom is -0.320 e. The molecule has 3 rings (SSSR count). The number of anilines is 1. The van der Waals surface area contributed by atoms with Crippen molar-refractivity contribution < 1.29 is 18.1 Å². The maximum Gasteiger partial charge on any atom is 0.278 e. The number of nitro benzene ring substituents is 1. The molecule has 0 saturated carbocycles. The number of carbonyl (C=O) groups is 1. The molecule has 0 radical (unpaired) electrons. The van der Waals surface area contributed by atoms with Gasteiger partial charge in [0, 0.05) is 30.9 Å². The number of hydrogen-bond donors (Lipinski definition) is 1. The van der Waals surface area contributed by atoms with Crippen molar-refractivity contribution in [2.45, 2.75) is 32.6 Å². The molecule has 0 saturated heterocycles. The number of aryl methyl sites for hydroxylation is 1. The second kappa shape index (κ2) is 9.46. The van der Waals surface area contributed by atoms with Crippen LogP contribution in [-0.2, 0) is 10.0 Å². The molecule has 174 valence electrons. The number of nitrogens with one attached hydrogen (secondary N) is 1. The fraction of sp³-hybridized carbons (Fsp3) is 0.286. The van der Waals surface area contributed by atoms with Gasteiger partial charge in [-0.2, -0.15) is 4.31 Å². The van der Waals surface area contributed by atoms with E-state index < -0.39 is 20.9 Å². The Morgan fingerprint density at radius 1 is 1.15 bits per heavy atom. The van der Waals surface area contributed by atoms with Crippen LogP contribution in [-0.4, -0.2) is 51.6 Å². The van der Waals surface area contributed by atoms with Crippen LogP contribution in [0.15, 0.2) is 47.4 Å². The van der Waals surface area contributed by atoms with Crippen molar-refractivity contribution in [2.75, 3.05) is 18.4 Å². The second-order valence-corrected chi connectivity index (χ2v) is 9.14. The summed E-state index contributed by atoms with van der Waals surface area (Å²) in [5, 5.41) is 21.6. The predicted molar refractivity (Wildman–Crippen MR) is 122 cm³/mol. The molecule has 12 heteroatoms. The fourth-order valence-corrected chi connectivity index (χ4v) is 5.08. The molecule has 1 amide bonds. The number of non-ortho nitro benzene ring substituents is 1. The van der Waals surface area contributed by atoms with E-state index in [-0.39, 0.29) is 16.3 Å². The zero-order chi connectivity index (χ0) is 24.3. The topological polar surface area (TPSA) is 140 Å². The van der Waals surface area contributed by atoms with Gasteiger partial charge in [-0.1, -0.05) is 31.2 Å². The lowest BCUT2D eigenvalue weighted by Gasteiger charge is -2.20. The van der Waals surface area contributed by atoms with E-state index in [1.54, 1.807) is 45.9 Å². The number of aromatic nitrogens is 3. The van der Waals surface area contributed by atoms with Gasteiger partial charge in [0.15, 0.2) is 5.69 Å². The molecule has 3 aromatic rings. The van der Waals surface area contributed by atoms with E-state index in [0.717, 1.165) is 0 Å². The SMILES string of the molecule is CCN(CC)S(=O)(=O)c1cc(NC(=O)c2nnn(-c3cccc([N+](=O)[O-])c3)c2C)ccc1C. The van der Waals surface area contributed by atoms with E-state index in [0.29, 0.717) is 35.7 Å². The number of sulfonamides is 1. The number of rotatable bonds is 8. The first kappa shape index (κ1) is 24.0. The van der Waals surface area contributed by atoms with Gasteiger partial charge in [-0.15, -0.1) is 5.10 Å². The highest BCUT2D eigenvalue weighted by Gasteiger charge is 2.25. The summed E-state index contributed by atoms with van der Waals surface area (Å²) >= 11 is 0. The number of benzene rings is 2. The van der Waals surface area contributed by atoms with E-state index in [1.807, 2.05) is 0 Å². The van der Waals surface area contributed by atoms with Crippen molar-refractivity contribution in [3.63, 3.8) is 0 Å². The van der Waals surface area contributed by atoms with Gasteiger partial charge in [0.2, 0.25) is 10.0 Å². The smallest absolute Gasteiger partial charge is 0.278 e. The zero-order valence-electron chi connectivity index (χ0n) is 18.6. The van der Waals surface area contributed by atoms with Gasteiger partial charge in [0.1, 0.15) is 0 Å². The molecule has 33 heavy (non-hydrogen) atoms. The quantitative estimate of drug-likeness (QED) is 0.392. The number of hydrogen-bond acceptors (Lipinski definition) is 7. The van der Waals surface area contributed by atoms with Crippen LogP contribution < -0.4 is 5.32 Å². The summed E-state index contributed by atoms with van der Waals surface area (Å²) in [5.41, 5.74) is 1.51. The van der Waals surface area contributed by atoms with E-state index in [2.05, 4.69) is 15.6 Å². The average molecular weight is 473 g/mol. The Bertz CT molecular complexity index is 1310. The molecule has 0 aliphatic heterocycles. The molecular weight excluding hydrogens is 448 g/mol. The molecular formula is C21H24N6O5S. The first-order valence-electron chi connectivity index (χ1n) is 10.2. The van der Waals surface area contributed by atoms with Crippen LogP contribution in [0, 0.1) is 24.0 Å². The lowest BCUT2D eigenvalue weighted by molar-refractivity contribution is -0.384. The second-order valence-electron chi connectivity index (χ2n) is 7.24. The molecule has 0 fully saturated rings. The molecule has 1 heterocycles. The highest BCUT2D eigenvalue weighted by atomic mass is 32.2. The van der Waals surface area contributed by atoms with Crippen LogP contribution in [0.1, 0.15) is 35.6 Å². The van der Waals surface area contributed by atoms with E-state index in [1.165, 1.54) is 33.3 Å². The Morgan fingerprint density at radius 3 is 2.48 bits per heavy atom. The standard InChI is InChI=1S/C21H24N6O5S/c1-5-25(6-2)33(31,32)19-12-16(11-10-14(19)3)22-21(28)20-15(4)26(24-23-20)17-8-7-9-18(13-17)27(29)30/h7-13H,5-6H2,1-4H3,(H,22,28). The molecule has 0 spiro atoms. The van der Waals surface area contributed by atoms with E-state index >= 15 is 0 Å². The van der Waals surface area contributed by atoms with E-state index in [9.17, 15) is 23.3 Å². The zero-order valence-corrected chi connectivity index (χ0v) is 19.5. The lowest BCUT2D eigenvalue weighted by atomic mass is 10.2. The van der Waals surface area contributed by atoms with Crippen molar-refractivity contribution in [2.24, 2.45) is 0 Å². The normalized spacial score (nSPS) is 11.5. The third-order valence-electron chi connectivity index (χ3n) is 5.16. The van der Waals surface area contributed by atoms with Crippen molar-refractivity contribution in [1.82, 2.24) is 19.3 Å². The molecule has 1 aromatic heterocycles. The van der Waals surface area contributed by atoms with Crippen LogP contribution >= 0.6 is 0 Å². The molecule has 2 aromatic carbocycles. The average Bonchev–Trinajstić information content (AvgIpc) is 3.17. The van der Waals surface area contributed by atoms with Crippen LogP contribution in [0.25, 0.3) is 5.69 Å². The number of nitro groups is 1. The Balaban J connectivity index is 1.90.